The van der Waals surface area contributed by atoms with Crippen molar-refractivity contribution in [3.05, 3.63) is 30.3 Å². The number of amides is 1. The van der Waals surface area contributed by atoms with Gasteiger partial charge in [0.15, 0.2) is 0 Å². The summed E-state index contributed by atoms with van der Waals surface area (Å²) in [5, 5.41) is 2.95. The second-order valence-electron chi connectivity index (χ2n) is 3.67. The number of piperazine rings is 1. The predicted molar refractivity (Wildman–Crippen MR) is 72.6 cm³/mol. The van der Waals surface area contributed by atoms with Gasteiger partial charge in [0.25, 0.3) is 0 Å². The Labute approximate surface area is 126 Å². The molecule has 0 bridgehead atoms. The Morgan fingerprint density at radius 2 is 1.82 bits per heavy atom. The zero-order valence-electron chi connectivity index (χ0n) is 9.27. The second-order valence-corrected chi connectivity index (χ2v) is 7.86. The zero-order valence-corrected chi connectivity index (χ0v) is 13.6. The summed E-state index contributed by atoms with van der Waals surface area (Å²) < 4.78 is 4.75. The van der Waals surface area contributed by atoms with E-state index >= 15 is 0 Å². The van der Waals surface area contributed by atoms with Gasteiger partial charge < -0.3 is 0 Å². The summed E-state index contributed by atoms with van der Waals surface area (Å²) in [6, 6.07) is 9.66. The molecule has 1 heterocycles. The van der Waals surface area contributed by atoms with Crippen LogP contribution in [-0.2, 0) is 0 Å². The topological polar surface area (TPSA) is 35.6 Å². The first-order chi connectivity index (χ1) is 8.24. The summed E-state index contributed by atoms with van der Waals surface area (Å²) in [4.78, 5) is 11.8. The number of carbonyl (C=O) groups is 1. The second kappa shape index (κ2) is 6.86. The van der Waals surface area contributed by atoms with Crippen LogP contribution in [0, 0.1) is 0 Å². The van der Waals surface area contributed by atoms with Crippen molar-refractivity contribution in [3.8, 4) is 0 Å². The van der Waals surface area contributed by atoms with Crippen LogP contribution in [0.2, 0.25) is 0 Å². The molecule has 1 aliphatic rings. The molecule has 1 aromatic carbocycles. The Morgan fingerprint density at radius 1 is 1.18 bits per heavy atom. The maximum atomic E-state index is 11.8. The number of benzene rings is 1. The number of nitrogens with one attached hydrogen (secondary N) is 1. The summed E-state index contributed by atoms with van der Waals surface area (Å²) in [5.74, 6) is 0. The van der Waals surface area contributed by atoms with E-state index in [2.05, 4.69) is 34.4 Å². The van der Waals surface area contributed by atoms with E-state index in [9.17, 15) is 4.79 Å². The van der Waals surface area contributed by atoms with Crippen molar-refractivity contribution in [1.82, 2.24) is 6.23 Å². The van der Waals surface area contributed by atoms with Gasteiger partial charge >= 0.3 is 127 Å². The summed E-state index contributed by atoms with van der Waals surface area (Å²) in [6.45, 7) is 4.13. The number of para-hydroxylation sites is 1. The monoisotopic (exact) mass is 458 g/mol. The van der Waals surface area contributed by atoms with Crippen molar-refractivity contribution in [3.63, 3.8) is 0 Å². The van der Waals surface area contributed by atoms with Crippen molar-refractivity contribution < 1.29 is 26.3 Å². The maximum absolute atomic E-state index is 11.8. The van der Waals surface area contributed by atoms with Gasteiger partial charge in [0.05, 0.1) is 0 Å². The first kappa shape index (κ1) is 13.5. The fourth-order valence-corrected chi connectivity index (χ4v) is 3.90. The molecule has 0 unspecified atom stereocenters. The molecule has 2 rings (SSSR count). The van der Waals surface area contributed by atoms with Gasteiger partial charge in [0.2, 0.25) is 0 Å². The predicted octanol–water partition coefficient (Wildman–Crippen LogP) is -0.810. The number of nitrogens with zero attached hydrogens (tertiary/aromatic N) is 2. The molecule has 1 fully saturated rings. The molecule has 1 aromatic rings. The summed E-state index contributed by atoms with van der Waals surface area (Å²) in [5.41, 5.74) is 0.893. The molecular weight excluding hydrogens is 444 g/mol. The van der Waals surface area contributed by atoms with Crippen LogP contribution >= 0.6 is 22.9 Å². The Bertz CT molecular complexity index is 366. The molecule has 94 valence electrons. The van der Waals surface area contributed by atoms with Crippen molar-refractivity contribution in [1.29, 1.82) is 0 Å². The van der Waals surface area contributed by atoms with Crippen LogP contribution in [0.25, 0.3) is 0 Å². The van der Waals surface area contributed by atoms with Gasteiger partial charge in [0.1, 0.15) is 0 Å². The molecular formula is C11H14I2N3O-. The third-order valence-corrected chi connectivity index (χ3v) is 5.70. The fourth-order valence-electron chi connectivity index (χ4n) is 1.51. The van der Waals surface area contributed by atoms with Crippen LogP contribution in [-0.4, -0.2) is 36.3 Å². The van der Waals surface area contributed by atoms with Crippen LogP contribution in [0.3, 0.4) is 0 Å². The third-order valence-electron chi connectivity index (χ3n) is 2.38. The number of anilines is 1. The van der Waals surface area contributed by atoms with Crippen LogP contribution in [0.1, 0.15) is 0 Å². The van der Waals surface area contributed by atoms with Crippen LogP contribution in [0.4, 0.5) is 10.5 Å². The zero-order chi connectivity index (χ0) is 12.1. The molecule has 0 saturated carbocycles. The van der Waals surface area contributed by atoms with Crippen molar-refractivity contribution in [2.75, 3.05) is 31.5 Å². The number of rotatable bonds is 3. The van der Waals surface area contributed by atoms with Crippen molar-refractivity contribution in [2.24, 2.45) is 0 Å². The van der Waals surface area contributed by atoms with Gasteiger partial charge in [-0.05, 0) is 0 Å². The van der Waals surface area contributed by atoms with Crippen LogP contribution in [0.5, 0.6) is 0 Å². The van der Waals surface area contributed by atoms with E-state index in [-0.39, 0.29) is 3.91 Å². The molecule has 1 saturated heterocycles. The third kappa shape index (κ3) is 4.68. The van der Waals surface area contributed by atoms with Crippen molar-refractivity contribution in [2.45, 2.75) is 0 Å². The van der Waals surface area contributed by atoms with E-state index in [1.807, 2.05) is 30.3 Å². The van der Waals surface area contributed by atoms with Crippen LogP contribution in [0.15, 0.2) is 30.3 Å². The van der Waals surface area contributed by atoms with E-state index in [0.29, 0.717) is 0 Å². The molecule has 17 heavy (non-hydrogen) atoms. The molecule has 0 aliphatic carbocycles. The van der Waals surface area contributed by atoms with E-state index in [1.54, 1.807) is 0 Å². The summed E-state index contributed by atoms with van der Waals surface area (Å²) in [6.07, 6.45) is 0. The molecule has 0 radical (unpaired) electrons. The Kier molecular flexibility index (Phi) is 5.45. The quantitative estimate of drug-likeness (QED) is 0.279. The van der Waals surface area contributed by atoms with Gasteiger partial charge in [0, 0.05) is 0 Å². The average molecular weight is 458 g/mol. The first-order valence-electron chi connectivity index (χ1n) is 5.41. The van der Waals surface area contributed by atoms with Gasteiger partial charge in [-0.2, -0.15) is 0 Å². The van der Waals surface area contributed by atoms with Crippen LogP contribution < -0.4 is 26.8 Å². The van der Waals surface area contributed by atoms with Gasteiger partial charge in [-0.15, -0.1) is 0 Å². The standard InChI is InChI=1S/C11H14I2N3O/c12-15-6-8-16(9-7-15)13-11(17)14-10-4-2-1-3-5-10/h1-5H,6-9H2,(H,14,17)/q-1. The molecule has 1 N–H and O–H groups in total. The first-order valence-corrected chi connectivity index (χ1v) is 8.42. The van der Waals surface area contributed by atoms with E-state index in [1.165, 1.54) is 0 Å². The Balaban J connectivity index is 1.78. The number of carbonyl (C=O) groups excluding carboxylic acids is 1. The molecule has 6 heteroatoms. The Hall–Kier alpha value is 0.0700. The minimum atomic E-state index is -0.551. The van der Waals surface area contributed by atoms with Gasteiger partial charge in [-0.1, -0.05) is 0 Å². The number of halogens is 2. The summed E-state index contributed by atoms with van der Waals surface area (Å²) in [7, 11) is 0. The molecule has 4 nitrogen and oxygen atoms in total. The molecule has 0 spiro atoms. The van der Waals surface area contributed by atoms with E-state index in [4.69, 9.17) is 0 Å². The molecule has 1 amide bonds. The normalized spacial score (nSPS) is 18.2. The average Bonchev–Trinajstić information content (AvgIpc) is 2.33. The number of hydrogen-bond acceptors (Lipinski definition) is 3. The van der Waals surface area contributed by atoms with E-state index < -0.39 is 21.5 Å². The molecule has 1 aliphatic heterocycles. The van der Waals surface area contributed by atoms with Gasteiger partial charge in [-0.25, -0.2) is 0 Å². The van der Waals surface area contributed by atoms with E-state index in [0.717, 1.165) is 31.9 Å². The molecule has 0 aromatic heterocycles. The SMILES string of the molecule is O=C(Nc1ccccc1)[I-]N1CCN(I)CC1. The summed E-state index contributed by atoms with van der Waals surface area (Å²) >= 11 is 1.79. The Morgan fingerprint density at radius 3 is 2.47 bits per heavy atom. The molecule has 0 atom stereocenters. The number of hydrogen-bond donors (Lipinski definition) is 1. The minimum absolute atomic E-state index is 0.178. The fraction of sp³-hybridized carbons (Fsp3) is 0.364. The van der Waals surface area contributed by atoms with Gasteiger partial charge in [-0.3, -0.25) is 0 Å². The van der Waals surface area contributed by atoms with Crippen molar-refractivity contribution >= 4 is 32.5 Å².